The van der Waals surface area contributed by atoms with Crippen LogP contribution in [0.25, 0.3) is 22.5 Å². The van der Waals surface area contributed by atoms with Crippen molar-refractivity contribution in [2.24, 2.45) is 0 Å². The third kappa shape index (κ3) is 7.66. The van der Waals surface area contributed by atoms with Crippen molar-refractivity contribution in [3.05, 3.63) is 218 Å². The van der Waals surface area contributed by atoms with Crippen LogP contribution in [-0.2, 0) is 26.5 Å². The molecule has 0 radical (unpaired) electrons. The monoisotopic (exact) mass is 877 g/mol. The number of rotatable bonds is 10. The average Bonchev–Trinajstić information content (AvgIpc) is 3.23. The van der Waals surface area contributed by atoms with E-state index in [9.17, 15) is 0 Å². The van der Waals surface area contributed by atoms with E-state index in [1.165, 1.54) is 0 Å². The molecule has 0 fully saturated rings. The van der Waals surface area contributed by atoms with Gasteiger partial charge in [-0.05, 0) is 85.9 Å². The Morgan fingerprint density at radius 2 is 0.704 bits per heavy atom. The van der Waals surface area contributed by atoms with E-state index in [4.69, 9.17) is 9.97 Å². The SMILES string of the molecule is CC(C)(c1cc(N(c2ccccc2)c2ccccc2)cc(-c2[c-]cccc2)n1)c1cc(N(c2ccccc2)c2ccccc2)cc(-c2[c-]cccc2)n1.[Pt+2]. The summed E-state index contributed by atoms with van der Waals surface area (Å²) in [4.78, 5) is 15.4. The molecule has 0 aliphatic heterocycles. The summed E-state index contributed by atoms with van der Waals surface area (Å²) < 4.78 is 0. The maximum absolute atomic E-state index is 5.40. The predicted molar refractivity (Wildman–Crippen MR) is 219 cm³/mol. The van der Waals surface area contributed by atoms with Crippen LogP contribution in [-0.4, -0.2) is 9.97 Å². The number of anilines is 6. The summed E-state index contributed by atoms with van der Waals surface area (Å²) in [5.41, 5.74) is 10.9. The van der Waals surface area contributed by atoms with E-state index >= 15 is 0 Å². The van der Waals surface area contributed by atoms with Gasteiger partial charge in [0.25, 0.3) is 0 Å². The fraction of sp³-hybridized carbons (Fsp3) is 0.0612. The van der Waals surface area contributed by atoms with Gasteiger partial charge in [0, 0.05) is 50.9 Å². The number of pyridine rings is 2. The number of aromatic nitrogens is 2. The van der Waals surface area contributed by atoms with Gasteiger partial charge in [-0.15, -0.1) is 71.8 Å². The second kappa shape index (κ2) is 16.3. The quantitative estimate of drug-likeness (QED) is 0.128. The molecule has 8 aromatic rings. The zero-order valence-corrected chi connectivity index (χ0v) is 32.4. The second-order valence-corrected chi connectivity index (χ2v) is 13.4. The smallest absolute Gasteiger partial charge is 0.311 e. The Morgan fingerprint density at radius 3 is 1.00 bits per heavy atom. The van der Waals surface area contributed by atoms with Crippen molar-refractivity contribution in [3.63, 3.8) is 0 Å². The van der Waals surface area contributed by atoms with Gasteiger partial charge in [-0.1, -0.05) is 84.9 Å². The minimum absolute atomic E-state index is 0. The molecule has 0 aliphatic carbocycles. The van der Waals surface area contributed by atoms with E-state index in [1.807, 2.05) is 60.7 Å². The summed E-state index contributed by atoms with van der Waals surface area (Å²) in [6.07, 6.45) is 0. The van der Waals surface area contributed by atoms with Crippen LogP contribution in [0.3, 0.4) is 0 Å². The van der Waals surface area contributed by atoms with Crippen molar-refractivity contribution < 1.29 is 21.1 Å². The van der Waals surface area contributed by atoms with Crippen LogP contribution in [0.1, 0.15) is 25.2 Å². The van der Waals surface area contributed by atoms with E-state index in [-0.39, 0.29) is 21.1 Å². The van der Waals surface area contributed by atoms with Crippen LogP contribution in [0, 0.1) is 12.1 Å². The zero-order valence-electron chi connectivity index (χ0n) is 30.1. The summed E-state index contributed by atoms with van der Waals surface area (Å²) in [6, 6.07) is 73.6. The van der Waals surface area contributed by atoms with Gasteiger partial charge in [-0.2, -0.15) is 0 Å². The summed E-state index contributed by atoms with van der Waals surface area (Å²) in [7, 11) is 0. The van der Waals surface area contributed by atoms with Crippen molar-refractivity contribution in [2.45, 2.75) is 19.3 Å². The van der Waals surface area contributed by atoms with Gasteiger partial charge in [0.15, 0.2) is 0 Å². The van der Waals surface area contributed by atoms with E-state index in [0.717, 1.165) is 68.0 Å². The van der Waals surface area contributed by atoms with Crippen LogP contribution in [0.2, 0.25) is 0 Å². The molecule has 264 valence electrons. The molecule has 4 nitrogen and oxygen atoms in total. The molecule has 0 atom stereocenters. The first kappa shape index (κ1) is 36.3. The van der Waals surface area contributed by atoms with E-state index in [2.05, 4.69) is 169 Å². The molecule has 8 rings (SSSR count). The molecule has 0 saturated heterocycles. The van der Waals surface area contributed by atoms with Gasteiger partial charge in [0.05, 0.1) is 0 Å². The molecule has 2 heterocycles. The standard InChI is InChI=1S/C49H38N4.Pt/c1-49(2,47-35-43(33-45(50-47)37-21-9-3-10-22-37)52(39-25-13-5-14-26-39)40-27-15-6-16-28-40)48-36-44(34-46(51-48)38-23-11-4-12-24-38)53(41-29-17-7-18-30-41)42-31-19-8-20-32-42;/h3-21,23,25-36H,1-2H3;/q-2;+2. The first-order chi connectivity index (χ1) is 26.0. The zero-order chi connectivity index (χ0) is 36.0. The molecule has 0 amide bonds. The molecule has 6 aromatic carbocycles. The fourth-order valence-corrected chi connectivity index (χ4v) is 6.65. The molecular formula is C49H38N4Pt. The van der Waals surface area contributed by atoms with Gasteiger partial charge in [-0.25, -0.2) is 0 Å². The number of hydrogen-bond acceptors (Lipinski definition) is 4. The van der Waals surface area contributed by atoms with Crippen molar-refractivity contribution in [3.8, 4) is 22.5 Å². The Labute approximate surface area is 332 Å². The Bertz CT molecular complexity index is 2160. The van der Waals surface area contributed by atoms with Crippen molar-refractivity contribution >= 4 is 34.1 Å². The third-order valence-corrected chi connectivity index (χ3v) is 9.44. The first-order valence-corrected chi connectivity index (χ1v) is 17.8. The van der Waals surface area contributed by atoms with Crippen LogP contribution >= 0.6 is 0 Å². The topological polar surface area (TPSA) is 32.3 Å². The molecule has 0 bridgehead atoms. The second-order valence-electron chi connectivity index (χ2n) is 13.4. The molecule has 0 N–H and O–H groups in total. The molecule has 0 saturated carbocycles. The average molecular weight is 878 g/mol. The largest absolute Gasteiger partial charge is 2.00 e. The van der Waals surface area contributed by atoms with Crippen molar-refractivity contribution in [1.82, 2.24) is 9.97 Å². The van der Waals surface area contributed by atoms with Gasteiger partial charge in [0.2, 0.25) is 0 Å². The summed E-state index contributed by atoms with van der Waals surface area (Å²) in [5, 5.41) is 0. The predicted octanol–water partition coefficient (Wildman–Crippen LogP) is 12.7. The Morgan fingerprint density at radius 1 is 0.389 bits per heavy atom. The molecule has 54 heavy (non-hydrogen) atoms. The van der Waals surface area contributed by atoms with Gasteiger partial charge < -0.3 is 19.8 Å². The Kier molecular flexibility index (Phi) is 10.9. The molecule has 2 aromatic heterocycles. The molecule has 0 aliphatic rings. The van der Waals surface area contributed by atoms with Crippen LogP contribution in [0.15, 0.2) is 194 Å². The summed E-state index contributed by atoms with van der Waals surface area (Å²) in [6.45, 7) is 4.43. The number of para-hydroxylation sites is 4. The van der Waals surface area contributed by atoms with Crippen LogP contribution in [0.4, 0.5) is 34.1 Å². The Hall–Kier alpha value is -6.09. The number of benzene rings is 6. The van der Waals surface area contributed by atoms with E-state index < -0.39 is 5.41 Å². The van der Waals surface area contributed by atoms with E-state index in [0.29, 0.717) is 0 Å². The minimum Gasteiger partial charge on any atom is -0.311 e. The maximum atomic E-state index is 5.40. The molecular weight excluding hydrogens is 840 g/mol. The maximum Gasteiger partial charge on any atom is 2.00 e. The molecule has 5 heteroatoms. The molecule has 0 unspecified atom stereocenters. The normalized spacial score (nSPS) is 11.0. The summed E-state index contributed by atoms with van der Waals surface area (Å²) in [5.74, 6) is 0. The van der Waals surface area contributed by atoms with Crippen LogP contribution < -0.4 is 9.80 Å². The van der Waals surface area contributed by atoms with Crippen molar-refractivity contribution in [2.75, 3.05) is 9.80 Å². The van der Waals surface area contributed by atoms with Gasteiger partial charge in [-0.3, -0.25) is 0 Å². The Balaban J connectivity index is 0.00000450. The fourth-order valence-electron chi connectivity index (χ4n) is 6.65. The third-order valence-electron chi connectivity index (χ3n) is 9.44. The van der Waals surface area contributed by atoms with Crippen molar-refractivity contribution in [1.29, 1.82) is 0 Å². The van der Waals surface area contributed by atoms with E-state index in [1.54, 1.807) is 0 Å². The number of nitrogens with zero attached hydrogens (tertiary/aromatic N) is 4. The minimum atomic E-state index is -0.642. The van der Waals surface area contributed by atoms with Gasteiger partial charge >= 0.3 is 21.1 Å². The molecule has 0 spiro atoms. The summed E-state index contributed by atoms with van der Waals surface area (Å²) >= 11 is 0. The van der Waals surface area contributed by atoms with Gasteiger partial charge in [0.1, 0.15) is 0 Å². The first-order valence-electron chi connectivity index (χ1n) is 17.8. The van der Waals surface area contributed by atoms with Crippen LogP contribution in [0.5, 0.6) is 0 Å². The number of hydrogen-bond donors (Lipinski definition) is 0.